The number of halogens is 3. The van der Waals surface area contributed by atoms with Crippen LogP contribution in [0.25, 0.3) is 0 Å². The van der Waals surface area contributed by atoms with E-state index in [1.54, 1.807) is 0 Å². The van der Waals surface area contributed by atoms with Crippen LogP contribution in [0.3, 0.4) is 0 Å². The number of aromatic nitrogens is 2. The van der Waals surface area contributed by atoms with E-state index in [2.05, 4.69) is 20.1 Å². The first-order chi connectivity index (χ1) is 15.3. The molecule has 172 valence electrons. The number of para-hydroxylation sites is 1. The normalized spacial score (nSPS) is 17.4. The van der Waals surface area contributed by atoms with Crippen LogP contribution in [0, 0.1) is 6.92 Å². The van der Waals surface area contributed by atoms with E-state index in [4.69, 9.17) is 4.98 Å². The first kappa shape index (κ1) is 22.2. The molecular formula is C22H27F3N6O. The van der Waals surface area contributed by atoms with Crippen LogP contribution >= 0.6 is 0 Å². The monoisotopic (exact) mass is 448 g/mol. The van der Waals surface area contributed by atoms with Gasteiger partial charge in [0.05, 0.1) is 11.3 Å². The van der Waals surface area contributed by atoms with Crippen LogP contribution in [0.15, 0.2) is 30.3 Å². The maximum Gasteiger partial charge on any atom is 0.418 e. The fraction of sp³-hybridized carbons (Fsp3) is 0.500. The molecule has 32 heavy (non-hydrogen) atoms. The second kappa shape index (κ2) is 9.22. The quantitative estimate of drug-likeness (QED) is 0.764. The van der Waals surface area contributed by atoms with Crippen molar-refractivity contribution >= 4 is 23.5 Å². The van der Waals surface area contributed by atoms with Gasteiger partial charge in [0, 0.05) is 51.0 Å². The Bertz CT molecular complexity index is 953. The van der Waals surface area contributed by atoms with Crippen molar-refractivity contribution in [2.45, 2.75) is 32.4 Å². The molecule has 2 saturated heterocycles. The van der Waals surface area contributed by atoms with Gasteiger partial charge in [-0.3, -0.25) is 0 Å². The third-order valence-electron chi connectivity index (χ3n) is 5.83. The molecule has 2 aliphatic heterocycles. The largest absolute Gasteiger partial charge is 0.418 e. The second-order valence-electron chi connectivity index (χ2n) is 8.16. The Labute approximate surface area is 185 Å². The molecule has 2 aromatic rings. The molecule has 0 saturated carbocycles. The van der Waals surface area contributed by atoms with Crippen molar-refractivity contribution in [3.8, 4) is 0 Å². The summed E-state index contributed by atoms with van der Waals surface area (Å²) >= 11 is 0. The summed E-state index contributed by atoms with van der Waals surface area (Å²) < 4.78 is 39.6. The lowest BCUT2D eigenvalue weighted by atomic mass is 10.1. The zero-order chi connectivity index (χ0) is 22.7. The molecule has 0 atom stereocenters. The van der Waals surface area contributed by atoms with Gasteiger partial charge in [-0.25, -0.2) is 9.78 Å². The van der Waals surface area contributed by atoms with Crippen LogP contribution in [-0.2, 0) is 6.18 Å². The van der Waals surface area contributed by atoms with Gasteiger partial charge in [-0.1, -0.05) is 12.1 Å². The standard InChI is InChI=1S/C22H27F3N6O/c1-16-15-19(28-20(26-16)30-9-5-2-6-10-30)29-11-13-31(14-12-29)21(32)27-18-8-4-3-7-17(18)22(23,24)25/h3-4,7-8,15H,2,5-6,9-14H2,1H3,(H,27,32). The molecule has 4 rings (SSSR count). The predicted molar refractivity (Wildman–Crippen MR) is 117 cm³/mol. The van der Waals surface area contributed by atoms with E-state index in [0.29, 0.717) is 26.2 Å². The minimum atomic E-state index is -4.53. The van der Waals surface area contributed by atoms with E-state index in [0.717, 1.165) is 49.5 Å². The van der Waals surface area contributed by atoms with Crippen molar-refractivity contribution in [2.75, 3.05) is 54.4 Å². The number of benzene rings is 1. The van der Waals surface area contributed by atoms with Crippen LogP contribution in [0.1, 0.15) is 30.5 Å². The van der Waals surface area contributed by atoms with Crippen molar-refractivity contribution in [1.29, 1.82) is 0 Å². The third-order valence-corrected chi connectivity index (χ3v) is 5.83. The number of aryl methyl sites for hydroxylation is 1. The lowest BCUT2D eigenvalue weighted by Crippen LogP contribution is -2.50. The zero-order valence-corrected chi connectivity index (χ0v) is 18.0. The topological polar surface area (TPSA) is 64.6 Å². The first-order valence-electron chi connectivity index (χ1n) is 10.9. The lowest BCUT2D eigenvalue weighted by Gasteiger charge is -2.36. The molecule has 7 nitrogen and oxygen atoms in total. The lowest BCUT2D eigenvalue weighted by molar-refractivity contribution is -0.136. The zero-order valence-electron chi connectivity index (χ0n) is 18.0. The number of amides is 2. The van der Waals surface area contributed by atoms with Gasteiger partial charge in [0.2, 0.25) is 5.95 Å². The molecule has 1 aromatic carbocycles. The summed E-state index contributed by atoms with van der Waals surface area (Å²) in [7, 11) is 0. The Kier molecular flexibility index (Phi) is 6.38. The van der Waals surface area contributed by atoms with Gasteiger partial charge >= 0.3 is 12.2 Å². The van der Waals surface area contributed by atoms with Crippen molar-refractivity contribution in [3.63, 3.8) is 0 Å². The molecule has 0 unspecified atom stereocenters. The molecule has 2 fully saturated rings. The number of anilines is 3. The number of piperazine rings is 1. The SMILES string of the molecule is Cc1cc(N2CCN(C(=O)Nc3ccccc3C(F)(F)F)CC2)nc(N2CCCCC2)n1. The van der Waals surface area contributed by atoms with Gasteiger partial charge in [0.25, 0.3) is 0 Å². The van der Waals surface area contributed by atoms with Crippen molar-refractivity contribution in [3.05, 3.63) is 41.6 Å². The van der Waals surface area contributed by atoms with E-state index < -0.39 is 17.8 Å². The number of rotatable bonds is 3. The first-order valence-corrected chi connectivity index (χ1v) is 10.9. The maximum atomic E-state index is 13.2. The number of urea groups is 1. The maximum absolute atomic E-state index is 13.2. The highest BCUT2D eigenvalue weighted by Gasteiger charge is 2.34. The smallest absolute Gasteiger partial charge is 0.353 e. The number of nitrogens with zero attached hydrogens (tertiary/aromatic N) is 5. The van der Waals surface area contributed by atoms with E-state index in [-0.39, 0.29) is 5.69 Å². The van der Waals surface area contributed by atoms with E-state index in [1.807, 2.05) is 13.0 Å². The fourth-order valence-electron chi connectivity index (χ4n) is 4.11. The Balaban J connectivity index is 1.39. The Hall–Kier alpha value is -3.04. The number of alkyl halides is 3. The molecular weight excluding hydrogens is 421 g/mol. The van der Waals surface area contributed by atoms with Gasteiger partial charge in [-0.05, 0) is 38.3 Å². The van der Waals surface area contributed by atoms with Crippen LogP contribution in [0.4, 0.5) is 35.4 Å². The summed E-state index contributed by atoms with van der Waals surface area (Å²) in [6.07, 6.45) is -1.03. The Morgan fingerprint density at radius 2 is 1.62 bits per heavy atom. The highest BCUT2D eigenvalue weighted by atomic mass is 19.4. The molecule has 0 bridgehead atoms. The highest BCUT2D eigenvalue weighted by Crippen LogP contribution is 2.34. The summed E-state index contributed by atoms with van der Waals surface area (Å²) in [6.45, 7) is 5.73. The van der Waals surface area contributed by atoms with E-state index in [9.17, 15) is 18.0 Å². The average Bonchev–Trinajstić information content (AvgIpc) is 2.79. The molecule has 1 N–H and O–H groups in total. The minimum Gasteiger partial charge on any atom is -0.353 e. The van der Waals surface area contributed by atoms with Crippen molar-refractivity contribution < 1.29 is 18.0 Å². The fourth-order valence-corrected chi connectivity index (χ4v) is 4.11. The minimum absolute atomic E-state index is 0.231. The molecule has 10 heteroatoms. The highest BCUT2D eigenvalue weighted by molar-refractivity contribution is 5.90. The molecule has 2 amide bonds. The number of hydrogen-bond donors (Lipinski definition) is 1. The van der Waals surface area contributed by atoms with E-state index in [1.165, 1.54) is 29.5 Å². The molecule has 1 aromatic heterocycles. The predicted octanol–water partition coefficient (Wildman–Crippen LogP) is 4.15. The summed E-state index contributed by atoms with van der Waals surface area (Å²) in [5.41, 5.74) is -0.196. The van der Waals surface area contributed by atoms with E-state index >= 15 is 0 Å². The summed E-state index contributed by atoms with van der Waals surface area (Å²) in [4.78, 5) is 27.8. The van der Waals surface area contributed by atoms with Gasteiger partial charge in [0.1, 0.15) is 5.82 Å². The number of nitrogens with one attached hydrogen (secondary N) is 1. The van der Waals surface area contributed by atoms with Crippen LogP contribution in [0.2, 0.25) is 0 Å². The molecule has 0 aliphatic carbocycles. The van der Waals surface area contributed by atoms with Gasteiger partial charge < -0.3 is 20.0 Å². The van der Waals surface area contributed by atoms with Crippen LogP contribution in [0.5, 0.6) is 0 Å². The molecule has 2 aliphatic rings. The van der Waals surface area contributed by atoms with Crippen LogP contribution < -0.4 is 15.1 Å². The summed E-state index contributed by atoms with van der Waals surface area (Å²) in [6, 6.07) is 6.41. The summed E-state index contributed by atoms with van der Waals surface area (Å²) in [5, 5.41) is 2.42. The number of carbonyl (C=O) groups excluding carboxylic acids is 1. The second-order valence-corrected chi connectivity index (χ2v) is 8.16. The Morgan fingerprint density at radius 1 is 0.938 bits per heavy atom. The van der Waals surface area contributed by atoms with Crippen molar-refractivity contribution in [2.24, 2.45) is 0 Å². The molecule has 0 spiro atoms. The molecule has 3 heterocycles. The Morgan fingerprint density at radius 3 is 2.31 bits per heavy atom. The van der Waals surface area contributed by atoms with Crippen LogP contribution in [-0.4, -0.2) is 60.2 Å². The molecule has 0 radical (unpaired) electrons. The number of hydrogen-bond acceptors (Lipinski definition) is 5. The van der Waals surface area contributed by atoms with Crippen molar-refractivity contribution in [1.82, 2.24) is 14.9 Å². The average molecular weight is 448 g/mol. The number of carbonyl (C=O) groups is 1. The number of piperidine rings is 1. The van der Waals surface area contributed by atoms with Gasteiger partial charge in [-0.15, -0.1) is 0 Å². The third kappa shape index (κ3) is 5.05. The summed E-state index contributed by atoms with van der Waals surface area (Å²) in [5.74, 6) is 1.56. The van der Waals surface area contributed by atoms with Gasteiger partial charge in [-0.2, -0.15) is 18.2 Å². The van der Waals surface area contributed by atoms with Gasteiger partial charge in [0.15, 0.2) is 0 Å².